The Kier molecular flexibility index (Phi) is 8.91. The zero-order valence-electron chi connectivity index (χ0n) is 25.2. The number of halogens is 2. The molecule has 4 aliphatic rings. The van der Waals surface area contributed by atoms with Gasteiger partial charge >= 0.3 is 0 Å². The van der Waals surface area contributed by atoms with E-state index in [-0.39, 0.29) is 36.9 Å². The molecule has 2 saturated carbocycles. The number of carbonyl (C=O) groups is 3. The quantitative estimate of drug-likeness (QED) is 0.391. The van der Waals surface area contributed by atoms with Gasteiger partial charge in [-0.2, -0.15) is 0 Å². The van der Waals surface area contributed by atoms with Gasteiger partial charge in [0.25, 0.3) is 11.8 Å². The number of alkyl halides is 2. The molecule has 45 heavy (non-hydrogen) atoms. The van der Waals surface area contributed by atoms with E-state index in [1.807, 2.05) is 12.1 Å². The normalized spacial score (nSPS) is 23.8. The van der Waals surface area contributed by atoms with Crippen molar-refractivity contribution in [3.05, 3.63) is 70.8 Å². The Balaban J connectivity index is 1.01. The molecule has 9 nitrogen and oxygen atoms in total. The van der Waals surface area contributed by atoms with E-state index in [9.17, 15) is 23.2 Å². The van der Waals surface area contributed by atoms with Gasteiger partial charge in [0.1, 0.15) is 5.54 Å². The van der Waals surface area contributed by atoms with Crippen LogP contribution in [0.2, 0.25) is 0 Å². The minimum absolute atomic E-state index is 0.00157. The zero-order valence-corrected chi connectivity index (χ0v) is 25.2. The van der Waals surface area contributed by atoms with Gasteiger partial charge in [0.2, 0.25) is 11.8 Å². The molecule has 2 atom stereocenters. The predicted octanol–water partition coefficient (Wildman–Crippen LogP) is 2.27. The van der Waals surface area contributed by atoms with Crippen LogP contribution in [0.4, 0.5) is 8.78 Å². The van der Waals surface area contributed by atoms with E-state index in [0.717, 1.165) is 56.8 Å². The number of morpholine rings is 1. The Morgan fingerprint density at radius 1 is 0.956 bits per heavy atom. The van der Waals surface area contributed by atoms with Gasteiger partial charge in [-0.25, -0.2) is 8.78 Å². The molecule has 4 N–H and O–H groups in total. The molecule has 0 unspecified atom stereocenters. The van der Waals surface area contributed by atoms with Crippen LogP contribution in [0.15, 0.2) is 48.5 Å². The largest absolute Gasteiger partial charge is 0.379 e. The lowest BCUT2D eigenvalue weighted by atomic mass is 9.73. The Morgan fingerprint density at radius 2 is 1.58 bits per heavy atom. The molecule has 0 bridgehead atoms. The van der Waals surface area contributed by atoms with E-state index in [1.54, 1.807) is 29.2 Å². The van der Waals surface area contributed by atoms with Crippen molar-refractivity contribution in [3.63, 3.8) is 0 Å². The van der Waals surface area contributed by atoms with Gasteiger partial charge in [0, 0.05) is 74.2 Å². The molecule has 238 valence electrons. The molecular weight excluding hydrogens is 580 g/mol. The monoisotopic (exact) mass is 619 g/mol. The number of rotatable bonds is 8. The highest BCUT2D eigenvalue weighted by Crippen LogP contribution is 2.44. The maximum atomic E-state index is 13.4. The van der Waals surface area contributed by atoms with Crippen LogP contribution >= 0.6 is 0 Å². The average molecular weight is 620 g/mol. The topological polar surface area (TPSA) is 117 Å². The SMILES string of the molecule is NC1(C(=O)N[C@@H]2C[C@H](CNC(=O)c3ccc(C#Cc4ccc(CN5CCOCC5)cc4)cc3)N(C(=O)C3CC3)C2)CC(F)(F)C1. The highest BCUT2D eigenvalue weighted by molar-refractivity contribution is 5.94. The van der Waals surface area contributed by atoms with Crippen LogP contribution in [0.1, 0.15) is 59.2 Å². The van der Waals surface area contributed by atoms with Gasteiger partial charge in [-0.15, -0.1) is 0 Å². The van der Waals surface area contributed by atoms with Crippen molar-refractivity contribution in [2.75, 3.05) is 39.4 Å². The number of amides is 3. The van der Waals surface area contributed by atoms with Crippen LogP contribution in [0.5, 0.6) is 0 Å². The first-order valence-corrected chi connectivity index (χ1v) is 15.6. The van der Waals surface area contributed by atoms with E-state index in [2.05, 4.69) is 39.5 Å². The second-order valence-electron chi connectivity index (χ2n) is 12.8. The molecule has 2 aromatic rings. The Morgan fingerprint density at radius 3 is 2.18 bits per heavy atom. The summed E-state index contributed by atoms with van der Waals surface area (Å²) in [5, 5.41) is 5.70. The van der Waals surface area contributed by atoms with Crippen LogP contribution in [0.3, 0.4) is 0 Å². The minimum atomic E-state index is -2.93. The number of likely N-dealkylation sites (tertiary alicyclic amines) is 1. The first-order chi connectivity index (χ1) is 21.6. The number of hydrogen-bond donors (Lipinski definition) is 3. The molecule has 11 heteroatoms. The molecule has 2 saturated heterocycles. The lowest BCUT2D eigenvalue weighted by Crippen LogP contribution is -2.67. The Labute approximate surface area is 261 Å². The third-order valence-electron chi connectivity index (χ3n) is 9.02. The minimum Gasteiger partial charge on any atom is -0.379 e. The summed E-state index contributed by atoms with van der Waals surface area (Å²) in [6, 6.07) is 14.5. The van der Waals surface area contributed by atoms with Crippen molar-refractivity contribution in [3.8, 4) is 11.8 Å². The average Bonchev–Trinajstić information content (AvgIpc) is 3.79. The number of nitrogens with zero attached hydrogens (tertiary/aromatic N) is 2. The number of carbonyl (C=O) groups excluding carboxylic acids is 3. The number of hydrogen-bond acceptors (Lipinski definition) is 6. The Hall–Kier alpha value is -3.85. The zero-order chi connectivity index (χ0) is 31.6. The summed E-state index contributed by atoms with van der Waals surface area (Å²) in [6.45, 7) is 4.80. The summed E-state index contributed by atoms with van der Waals surface area (Å²) >= 11 is 0. The van der Waals surface area contributed by atoms with Gasteiger partial charge in [-0.05, 0) is 61.2 Å². The number of nitrogens with one attached hydrogen (secondary N) is 2. The lowest BCUT2D eigenvalue weighted by Gasteiger charge is -2.43. The smallest absolute Gasteiger partial charge is 0.252 e. The fourth-order valence-corrected chi connectivity index (χ4v) is 6.28. The van der Waals surface area contributed by atoms with Crippen molar-refractivity contribution in [1.82, 2.24) is 20.4 Å². The summed E-state index contributed by atoms with van der Waals surface area (Å²) in [7, 11) is 0. The third kappa shape index (κ3) is 7.69. The van der Waals surface area contributed by atoms with E-state index in [4.69, 9.17) is 10.5 Å². The molecule has 6 rings (SSSR count). The summed E-state index contributed by atoms with van der Waals surface area (Å²) in [6.07, 6.45) is 0.676. The molecule has 0 spiro atoms. The molecule has 2 aliphatic carbocycles. The van der Waals surface area contributed by atoms with E-state index in [0.29, 0.717) is 12.0 Å². The summed E-state index contributed by atoms with van der Waals surface area (Å²) in [5.74, 6) is 2.45. The number of benzene rings is 2. The highest BCUT2D eigenvalue weighted by atomic mass is 19.3. The molecule has 3 amide bonds. The van der Waals surface area contributed by atoms with Crippen LogP contribution in [-0.2, 0) is 20.9 Å². The maximum Gasteiger partial charge on any atom is 0.252 e. The van der Waals surface area contributed by atoms with Crippen LogP contribution in [0, 0.1) is 17.8 Å². The molecule has 0 radical (unpaired) electrons. The molecule has 4 fully saturated rings. The van der Waals surface area contributed by atoms with Crippen LogP contribution in [-0.4, -0.2) is 90.5 Å². The van der Waals surface area contributed by atoms with Crippen molar-refractivity contribution in [2.24, 2.45) is 11.7 Å². The van der Waals surface area contributed by atoms with Gasteiger partial charge in [-0.3, -0.25) is 19.3 Å². The van der Waals surface area contributed by atoms with E-state index >= 15 is 0 Å². The highest BCUT2D eigenvalue weighted by Gasteiger charge is 2.59. The predicted molar refractivity (Wildman–Crippen MR) is 163 cm³/mol. The number of ether oxygens (including phenoxy) is 1. The van der Waals surface area contributed by atoms with E-state index < -0.39 is 36.3 Å². The first kappa shape index (κ1) is 31.1. The maximum absolute atomic E-state index is 13.4. The van der Waals surface area contributed by atoms with Crippen LogP contribution < -0.4 is 16.4 Å². The van der Waals surface area contributed by atoms with Crippen molar-refractivity contribution in [2.45, 2.75) is 62.2 Å². The summed E-state index contributed by atoms with van der Waals surface area (Å²) in [4.78, 5) is 42.7. The second-order valence-corrected chi connectivity index (χ2v) is 12.8. The van der Waals surface area contributed by atoms with Crippen molar-refractivity contribution >= 4 is 17.7 Å². The fourth-order valence-electron chi connectivity index (χ4n) is 6.28. The molecule has 2 aromatic carbocycles. The third-order valence-corrected chi connectivity index (χ3v) is 9.02. The molecule has 2 heterocycles. The lowest BCUT2D eigenvalue weighted by molar-refractivity contribution is -0.156. The first-order valence-electron chi connectivity index (χ1n) is 15.6. The van der Waals surface area contributed by atoms with Crippen LogP contribution in [0.25, 0.3) is 0 Å². The fraction of sp³-hybridized carbons (Fsp3) is 0.500. The van der Waals surface area contributed by atoms with E-state index in [1.165, 1.54) is 5.56 Å². The van der Waals surface area contributed by atoms with Crippen molar-refractivity contribution in [1.29, 1.82) is 0 Å². The summed E-state index contributed by atoms with van der Waals surface area (Å²) in [5.41, 5.74) is 7.70. The molecule has 2 aliphatic heterocycles. The standard InChI is InChI=1S/C34H39F2N5O4/c35-34(36)21-33(37,22-34)32(44)39-28-17-29(41(20-28)31(43)27-11-12-27)18-38-30(42)26-9-7-24(8-10-26)2-1-23-3-5-25(6-4-23)19-40-13-15-45-16-14-40/h3-10,27-29H,11-22,37H2,(H,38,42)(H,39,44)/t28-,29-/m1/s1. The van der Waals surface area contributed by atoms with Gasteiger partial charge in [-0.1, -0.05) is 24.0 Å². The number of nitrogens with two attached hydrogens (primary N) is 1. The molecule has 0 aromatic heterocycles. The van der Waals surface area contributed by atoms with Gasteiger partial charge < -0.3 is 26.0 Å². The van der Waals surface area contributed by atoms with Crippen molar-refractivity contribution < 1.29 is 27.9 Å². The summed E-state index contributed by atoms with van der Waals surface area (Å²) < 4.78 is 32.2. The van der Waals surface area contributed by atoms with Gasteiger partial charge in [0.15, 0.2) is 0 Å². The molecular formula is C34H39F2N5O4. The second kappa shape index (κ2) is 12.9. The Bertz CT molecular complexity index is 1470. The van der Waals surface area contributed by atoms with Gasteiger partial charge in [0.05, 0.1) is 19.3 Å².